The highest BCUT2D eigenvalue weighted by atomic mass is 16.5. The molecular formula is C24H27N7O3. The second kappa shape index (κ2) is 9.12. The maximum absolute atomic E-state index is 13.0. The van der Waals surface area contributed by atoms with Gasteiger partial charge in [0.1, 0.15) is 24.2 Å². The van der Waals surface area contributed by atoms with Gasteiger partial charge in [-0.25, -0.2) is 14.5 Å². The molecule has 0 spiro atoms. The number of ether oxygens (including phenoxy) is 1. The zero-order chi connectivity index (χ0) is 23.7. The zero-order valence-electron chi connectivity index (χ0n) is 19.3. The molecule has 0 aromatic carbocycles. The molecule has 34 heavy (non-hydrogen) atoms. The van der Waals surface area contributed by atoms with Crippen LogP contribution < -0.4 is 15.1 Å². The van der Waals surface area contributed by atoms with Gasteiger partial charge >= 0.3 is 0 Å². The summed E-state index contributed by atoms with van der Waals surface area (Å²) in [7, 11) is 1.65. The van der Waals surface area contributed by atoms with E-state index < -0.39 is 0 Å². The van der Waals surface area contributed by atoms with Crippen LogP contribution in [0.5, 0.6) is 5.75 Å². The quantitative estimate of drug-likeness (QED) is 0.594. The summed E-state index contributed by atoms with van der Waals surface area (Å²) >= 11 is 0. The van der Waals surface area contributed by atoms with Crippen molar-refractivity contribution >= 4 is 23.3 Å². The molecule has 2 aliphatic rings. The molecule has 3 aromatic rings. The lowest BCUT2D eigenvalue weighted by Gasteiger charge is -2.31. The molecular weight excluding hydrogens is 434 g/mol. The fourth-order valence-electron chi connectivity index (χ4n) is 4.53. The van der Waals surface area contributed by atoms with Crippen LogP contribution in [0, 0.1) is 0 Å². The lowest BCUT2D eigenvalue weighted by molar-refractivity contribution is 0.0723. The van der Waals surface area contributed by atoms with E-state index in [2.05, 4.69) is 15.0 Å². The van der Waals surface area contributed by atoms with Crippen LogP contribution in [0.1, 0.15) is 41.3 Å². The molecule has 5 rings (SSSR count). The third-order valence-corrected chi connectivity index (χ3v) is 6.19. The van der Waals surface area contributed by atoms with Crippen molar-refractivity contribution < 1.29 is 14.3 Å². The average molecular weight is 462 g/mol. The minimum atomic E-state index is -0.155. The van der Waals surface area contributed by atoms with Crippen LogP contribution in [0.2, 0.25) is 0 Å². The molecule has 0 unspecified atom stereocenters. The van der Waals surface area contributed by atoms with Crippen LogP contribution in [-0.2, 0) is 0 Å². The van der Waals surface area contributed by atoms with E-state index in [9.17, 15) is 9.59 Å². The number of aromatic nitrogens is 4. The van der Waals surface area contributed by atoms with E-state index in [4.69, 9.17) is 4.74 Å². The molecule has 0 radical (unpaired) electrons. The maximum atomic E-state index is 13.0. The van der Waals surface area contributed by atoms with Gasteiger partial charge in [-0.05, 0) is 25.3 Å². The van der Waals surface area contributed by atoms with Crippen LogP contribution in [0.4, 0.5) is 11.5 Å². The Hall–Kier alpha value is -3.95. The van der Waals surface area contributed by atoms with E-state index in [1.165, 1.54) is 6.92 Å². The summed E-state index contributed by atoms with van der Waals surface area (Å²) < 4.78 is 9.22. The third-order valence-electron chi connectivity index (χ3n) is 6.19. The molecule has 0 saturated carbocycles. The highest BCUT2D eigenvalue weighted by Crippen LogP contribution is 2.35. The smallest absolute Gasteiger partial charge is 0.255 e. The van der Waals surface area contributed by atoms with E-state index in [0.717, 1.165) is 38.0 Å². The summed E-state index contributed by atoms with van der Waals surface area (Å²) in [5.74, 6) is 1.65. The Kier molecular flexibility index (Phi) is 5.87. The molecule has 1 fully saturated rings. The van der Waals surface area contributed by atoms with Crippen molar-refractivity contribution in [3.8, 4) is 11.6 Å². The van der Waals surface area contributed by atoms with Crippen molar-refractivity contribution in [2.45, 2.75) is 26.2 Å². The number of anilines is 2. The predicted octanol–water partition coefficient (Wildman–Crippen LogP) is 2.42. The molecule has 5 heterocycles. The van der Waals surface area contributed by atoms with Gasteiger partial charge in [0.15, 0.2) is 11.6 Å². The third kappa shape index (κ3) is 3.95. The van der Waals surface area contributed by atoms with Gasteiger partial charge in [0.25, 0.3) is 5.91 Å². The standard InChI is InChI=1S/C24H27N7O3/c1-17(32)31-21(25-2)13-19(14-22(31)29-9-6-26-16-29)30-10-11-34-20-12-18(15-27-23(20)30)24(33)28-7-4-3-5-8-28/h6,9,12-16H,3-5,7-8,10-11H2,1-2H3/b25-21-. The van der Waals surface area contributed by atoms with E-state index >= 15 is 0 Å². The van der Waals surface area contributed by atoms with Crippen LogP contribution >= 0.6 is 0 Å². The van der Waals surface area contributed by atoms with Gasteiger partial charge in [0, 0.05) is 63.5 Å². The summed E-state index contributed by atoms with van der Waals surface area (Å²) in [5.41, 5.74) is 1.86. The number of piperidine rings is 1. The second-order valence-corrected chi connectivity index (χ2v) is 8.38. The Balaban J connectivity index is 1.55. The summed E-state index contributed by atoms with van der Waals surface area (Å²) in [5, 5.41) is 0. The van der Waals surface area contributed by atoms with E-state index in [-0.39, 0.29) is 11.8 Å². The van der Waals surface area contributed by atoms with Crippen molar-refractivity contribution in [1.29, 1.82) is 0 Å². The lowest BCUT2D eigenvalue weighted by atomic mass is 10.1. The molecule has 0 bridgehead atoms. The van der Waals surface area contributed by atoms with Crippen LogP contribution in [0.25, 0.3) is 5.82 Å². The number of nitrogens with zero attached hydrogens (tertiary/aromatic N) is 7. The normalized spacial score (nSPS) is 16.2. The highest BCUT2D eigenvalue weighted by molar-refractivity contribution is 5.95. The molecule has 1 amide bonds. The number of amides is 1. The van der Waals surface area contributed by atoms with Gasteiger partial charge < -0.3 is 14.5 Å². The fourth-order valence-corrected chi connectivity index (χ4v) is 4.53. The molecule has 0 aliphatic carbocycles. The Labute approximate surface area is 197 Å². The van der Waals surface area contributed by atoms with E-state index in [0.29, 0.717) is 41.6 Å². The second-order valence-electron chi connectivity index (χ2n) is 8.38. The van der Waals surface area contributed by atoms with Crippen molar-refractivity contribution in [3.63, 3.8) is 0 Å². The van der Waals surface area contributed by atoms with Crippen molar-refractivity contribution in [1.82, 2.24) is 24.0 Å². The Morgan fingerprint density at radius 1 is 1.09 bits per heavy atom. The average Bonchev–Trinajstić information content (AvgIpc) is 3.42. The summed E-state index contributed by atoms with van der Waals surface area (Å²) in [6.45, 7) is 4.07. The van der Waals surface area contributed by atoms with Gasteiger partial charge in [-0.2, -0.15) is 0 Å². The Morgan fingerprint density at radius 2 is 1.91 bits per heavy atom. The van der Waals surface area contributed by atoms with Crippen LogP contribution in [0.3, 0.4) is 0 Å². The number of carbonyl (C=O) groups is 2. The molecule has 3 aromatic heterocycles. The van der Waals surface area contributed by atoms with E-state index in [1.54, 1.807) is 47.2 Å². The Bertz CT molecular complexity index is 1290. The molecule has 2 aliphatic heterocycles. The number of imidazole rings is 1. The van der Waals surface area contributed by atoms with Gasteiger partial charge in [-0.15, -0.1) is 0 Å². The topological polar surface area (TPSA) is 97.8 Å². The van der Waals surface area contributed by atoms with Crippen LogP contribution in [-0.4, -0.2) is 69.1 Å². The molecule has 0 atom stereocenters. The van der Waals surface area contributed by atoms with Gasteiger partial charge in [0.2, 0.25) is 5.91 Å². The van der Waals surface area contributed by atoms with Gasteiger partial charge in [0.05, 0.1) is 12.1 Å². The molecule has 0 N–H and O–H groups in total. The molecule has 176 valence electrons. The fraction of sp³-hybridized carbons (Fsp3) is 0.375. The molecule has 10 heteroatoms. The zero-order valence-corrected chi connectivity index (χ0v) is 19.3. The molecule has 1 saturated heterocycles. The number of hydrogen-bond acceptors (Lipinski definition) is 7. The number of carbonyl (C=O) groups excluding carboxylic acids is 2. The van der Waals surface area contributed by atoms with Crippen molar-refractivity contribution in [2.24, 2.45) is 4.99 Å². The maximum Gasteiger partial charge on any atom is 0.255 e. The monoisotopic (exact) mass is 461 g/mol. The number of likely N-dealkylation sites (tertiary alicyclic amines) is 1. The summed E-state index contributed by atoms with van der Waals surface area (Å²) in [6.07, 6.45) is 9.94. The first-order valence-electron chi connectivity index (χ1n) is 11.5. The minimum Gasteiger partial charge on any atom is -0.488 e. The lowest BCUT2D eigenvalue weighted by Crippen LogP contribution is -2.36. The number of pyridine rings is 2. The first-order chi connectivity index (χ1) is 16.6. The van der Waals surface area contributed by atoms with Gasteiger partial charge in [-0.1, -0.05) is 0 Å². The number of hydrogen-bond donors (Lipinski definition) is 0. The highest BCUT2D eigenvalue weighted by Gasteiger charge is 2.26. The minimum absolute atomic E-state index is 0.00704. The van der Waals surface area contributed by atoms with Crippen molar-refractivity contribution in [2.75, 3.05) is 38.2 Å². The van der Waals surface area contributed by atoms with Gasteiger partial charge in [-0.3, -0.25) is 19.1 Å². The summed E-state index contributed by atoms with van der Waals surface area (Å²) in [4.78, 5) is 42.4. The largest absolute Gasteiger partial charge is 0.488 e. The summed E-state index contributed by atoms with van der Waals surface area (Å²) in [6, 6.07) is 5.54. The van der Waals surface area contributed by atoms with Crippen LogP contribution in [0.15, 0.2) is 48.1 Å². The van der Waals surface area contributed by atoms with Crippen molar-refractivity contribution in [3.05, 3.63) is 54.2 Å². The number of rotatable bonds is 3. The SMILES string of the molecule is C/N=c1/cc(N2CCOc3cc(C(=O)N4CCCCC4)cnc32)cc(-n2ccnc2)n1C(C)=O. The first kappa shape index (κ1) is 21.9. The predicted molar refractivity (Wildman–Crippen MR) is 126 cm³/mol. The number of fused-ring (bicyclic) bond motifs is 1. The van der Waals surface area contributed by atoms with E-state index in [1.807, 2.05) is 21.9 Å². The Morgan fingerprint density at radius 3 is 2.62 bits per heavy atom. The first-order valence-corrected chi connectivity index (χ1v) is 11.5. The molecule has 10 nitrogen and oxygen atoms in total.